The molecule has 0 aliphatic rings. The van der Waals surface area contributed by atoms with Crippen LogP contribution < -0.4 is 14.2 Å². The normalized spacial score (nSPS) is 12.4. The number of aromatic nitrogens is 2. The molecule has 2 aromatic carbocycles. The molecule has 1 N–H and O–H groups in total. The molecule has 0 bridgehead atoms. The predicted molar refractivity (Wildman–Crippen MR) is 112 cm³/mol. The molecule has 2 aromatic heterocycles. The molecule has 0 spiro atoms. The van der Waals surface area contributed by atoms with E-state index in [0.717, 1.165) is 38.6 Å². The smallest absolute Gasteiger partial charge is 0.162 e. The fourth-order valence-corrected chi connectivity index (χ4v) is 3.79. The van der Waals surface area contributed by atoms with Gasteiger partial charge >= 0.3 is 0 Å². The Morgan fingerprint density at radius 2 is 1.79 bits per heavy atom. The van der Waals surface area contributed by atoms with Gasteiger partial charge in [-0.05, 0) is 36.2 Å². The Hall–Kier alpha value is -2.94. The Kier molecular flexibility index (Phi) is 5.23. The number of hydrogen-bond donors (Lipinski definition) is 1. The van der Waals surface area contributed by atoms with E-state index in [1.165, 1.54) is 0 Å². The number of nitrogens with one attached hydrogen (secondary N) is 1. The quantitative estimate of drug-likeness (QED) is 0.492. The number of hydrogen-bond acceptors (Lipinski definition) is 5. The van der Waals surface area contributed by atoms with E-state index in [0.29, 0.717) is 11.5 Å². The minimum Gasteiger partial charge on any atom is -0.760 e. The summed E-state index contributed by atoms with van der Waals surface area (Å²) in [5.74, 6) is 1.28. The molecule has 0 aliphatic carbocycles. The van der Waals surface area contributed by atoms with Gasteiger partial charge in [0.2, 0.25) is 0 Å². The Bertz CT molecular complexity index is 1220. The van der Waals surface area contributed by atoms with E-state index < -0.39 is 11.3 Å². The van der Waals surface area contributed by atoms with Gasteiger partial charge in [-0.1, -0.05) is 12.1 Å². The van der Waals surface area contributed by atoms with Crippen molar-refractivity contribution in [2.24, 2.45) is 0 Å². The van der Waals surface area contributed by atoms with E-state index in [2.05, 4.69) is 27.4 Å². The van der Waals surface area contributed by atoms with E-state index >= 15 is 0 Å². The van der Waals surface area contributed by atoms with Crippen LogP contribution in [0.25, 0.3) is 27.5 Å². The zero-order valence-corrected chi connectivity index (χ0v) is 17.1. The van der Waals surface area contributed by atoms with Crippen molar-refractivity contribution in [3.05, 3.63) is 59.9 Å². The number of fused-ring (bicyclic) bond motifs is 3. The molecule has 1 unspecified atom stereocenters. The average molecular weight is 410 g/mol. The van der Waals surface area contributed by atoms with Crippen LogP contribution in [0.15, 0.2) is 48.8 Å². The number of rotatable bonds is 6. The molecule has 0 saturated heterocycles. The standard InChI is InChI=1S/C21H21N3O4S/c1-13-12-24(15-6-4-14(5-7-15)10-23-29(25)26)21-16-8-19(27-2)20(28-3)9-18(16)22-11-17(13)21/h4-9,11-12,23H,10H2,1-3H3,(H,25,26)/p-1. The van der Waals surface area contributed by atoms with Gasteiger partial charge in [0.05, 0.1) is 25.3 Å². The third-order valence-corrected chi connectivity index (χ3v) is 5.32. The summed E-state index contributed by atoms with van der Waals surface area (Å²) in [6.07, 6.45) is 3.94. The second-order valence-electron chi connectivity index (χ2n) is 6.65. The number of aryl methyl sites for hydroxylation is 1. The Morgan fingerprint density at radius 1 is 1.10 bits per heavy atom. The molecule has 0 aliphatic heterocycles. The predicted octanol–water partition coefficient (Wildman–Crippen LogP) is 3.39. The van der Waals surface area contributed by atoms with Gasteiger partial charge in [0.15, 0.2) is 11.5 Å². The summed E-state index contributed by atoms with van der Waals surface area (Å²) < 4.78 is 36.8. The first-order valence-corrected chi connectivity index (χ1v) is 10.0. The van der Waals surface area contributed by atoms with Crippen molar-refractivity contribution >= 4 is 33.1 Å². The maximum Gasteiger partial charge on any atom is 0.162 e. The first-order valence-electron chi connectivity index (χ1n) is 8.96. The SMILES string of the molecule is COc1cc2ncc3c(C)cn(-c4ccc(CNS(=O)[O-])cc4)c3c2cc1OC. The van der Waals surface area contributed by atoms with Crippen molar-refractivity contribution in [1.29, 1.82) is 0 Å². The lowest BCUT2D eigenvalue weighted by Gasteiger charge is -2.12. The highest BCUT2D eigenvalue weighted by molar-refractivity contribution is 7.77. The number of methoxy groups -OCH3 is 2. The molecule has 150 valence electrons. The van der Waals surface area contributed by atoms with Crippen LogP contribution in [0.1, 0.15) is 11.1 Å². The summed E-state index contributed by atoms with van der Waals surface area (Å²) in [4.78, 5) is 4.60. The minimum atomic E-state index is -2.28. The van der Waals surface area contributed by atoms with Gasteiger partial charge < -0.3 is 18.6 Å². The van der Waals surface area contributed by atoms with Crippen LogP contribution in [-0.2, 0) is 17.8 Å². The Balaban J connectivity index is 1.88. The van der Waals surface area contributed by atoms with Crippen LogP contribution in [0.2, 0.25) is 0 Å². The van der Waals surface area contributed by atoms with Crippen LogP contribution in [0.3, 0.4) is 0 Å². The molecule has 8 heteroatoms. The van der Waals surface area contributed by atoms with Crippen LogP contribution in [0.4, 0.5) is 0 Å². The molecule has 0 radical (unpaired) electrons. The van der Waals surface area contributed by atoms with Crippen LogP contribution in [0, 0.1) is 6.92 Å². The Labute approximate surface area is 170 Å². The van der Waals surface area contributed by atoms with Gasteiger partial charge in [0.1, 0.15) is 0 Å². The highest BCUT2D eigenvalue weighted by Gasteiger charge is 2.15. The maximum absolute atomic E-state index is 10.7. The van der Waals surface area contributed by atoms with Crippen molar-refractivity contribution in [3.8, 4) is 17.2 Å². The van der Waals surface area contributed by atoms with Gasteiger partial charge in [0, 0.05) is 52.7 Å². The van der Waals surface area contributed by atoms with Crippen molar-refractivity contribution in [2.45, 2.75) is 13.5 Å². The van der Waals surface area contributed by atoms with E-state index in [1.807, 2.05) is 42.6 Å². The molecule has 0 fully saturated rings. The maximum atomic E-state index is 10.7. The van der Waals surface area contributed by atoms with E-state index in [-0.39, 0.29) is 6.54 Å². The first-order chi connectivity index (χ1) is 14.0. The second-order valence-corrected chi connectivity index (χ2v) is 7.41. The van der Waals surface area contributed by atoms with Crippen molar-refractivity contribution < 1.29 is 18.2 Å². The van der Waals surface area contributed by atoms with Gasteiger partial charge in [-0.25, -0.2) is 4.72 Å². The lowest BCUT2D eigenvalue weighted by atomic mass is 10.1. The lowest BCUT2D eigenvalue weighted by molar-refractivity contribution is 0.356. The summed E-state index contributed by atoms with van der Waals surface area (Å²) in [5.41, 5.74) is 4.80. The summed E-state index contributed by atoms with van der Waals surface area (Å²) in [6, 6.07) is 11.6. The number of benzene rings is 2. The molecular weight excluding hydrogens is 390 g/mol. The van der Waals surface area contributed by atoms with Crippen LogP contribution >= 0.6 is 0 Å². The zero-order chi connectivity index (χ0) is 20.5. The van der Waals surface area contributed by atoms with Gasteiger partial charge in [0.25, 0.3) is 0 Å². The summed E-state index contributed by atoms with van der Waals surface area (Å²) >= 11 is -2.28. The molecule has 7 nitrogen and oxygen atoms in total. The summed E-state index contributed by atoms with van der Waals surface area (Å²) in [5, 5.41) is 2.01. The molecule has 1 atom stereocenters. The highest BCUT2D eigenvalue weighted by atomic mass is 32.2. The number of ether oxygens (including phenoxy) is 2. The first kappa shape index (κ1) is 19.4. The van der Waals surface area contributed by atoms with E-state index in [9.17, 15) is 8.76 Å². The fraction of sp³-hybridized carbons (Fsp3) is 0.190. The fourth-order valence-electron chi connectivity index (χ4n) is 3.50. The number of nitrogens with zero attached hydrogens (tertiary/aromatic N) is 2. The molecule has 4 rings (SSSR count). The van der Waals surface area contributed by atoms with Crippen LogP contribution in [0.5, 0.6) is 11.5 Å². The summed E-state index contributed by atoms with van der Waals surface area (Å²) in [7, 11) is 3.22. The molecule has 0 amide bonds. The van der Waals surface area contributed by atoms with E-state index in [4.69, 9.17) is 9.47 Å². The molecular formula is C21H20N3O4S-. The van der Waals surface area contributed by atoms with Gasteiger partial charge in [-0.2, -0.15) is 0 Å². The molecule has 29 heavy (non-hydrogen) atoms. The molecule has 0 saturated carbocycles. The average Bonchev–Trinajstić information content (AvgIpc) is 3.08. The van der Waals surface area contributed by atoms with Crippen molar-refractivity contribution in [2.75, 3.05) is 14.2 Å². The van der Waals surface area contributed by atoms with Crippen LogP contribution in [-0.4, -0.2) is 32.5 Å². The third-order valence-electron chi connectivity index (χ3n) is 4.94. The summed E-state index contributed by atoms with van der Waals surface area (Å²) in [6.45, 7) is 2.31. The molecule has 4 aromatic rings. The van der Waals surface area contributed by atoms with Crippen molar-refractivity contribution in [1.82, 2.24) is 14.3 Å². The molecule has 2 heterocycles. The number of pyridine rings is 1. The van der Waals surface area contributed by atoms with E-state index in [1.54, 1.807) is 14.2 Å². The lowest BCUT2D eigenvalue weighted by Crippen LogP contribution is -2.15. The van der Waals surface area contributed by atoms with Gasteiger partial charge in [-0.3, -0.25) is 9.19 Å². The highest BCUT2D eigenvalue weighted by Crippen LogP contribution is 2.36. The van der Waals surface area contributed by atoms with Crippen molar-refractivity contribution in [3.63, 3.8) is 0 Å². The minimum absolute atomic E-state index is 0.256. The largest absolute Gasteiger partial charge is 0.760 e. The monoisotopic (exact) mass is 410 g/mol. The zero-order valence-electron chi connectivity index (χ0n) is 16.3. The third kappa shape index (κ3) is 3.57. The second kappa shape index (κ2) is 7.82. The Morgan fingerprint density at radius 3 is 2.45 bits per heavy atom. The topological polar surface area (TPSA) is 88.4 Å². The van der Waals surface area contributed by atoms with Gasteiger partial charge in [-0.15, -0.1) is 0 Å².